The number of likely N-dealkylation sites (tertiary alicyclic amines) is 1. The van der Waals surface area contributed by atoms with Crippen molar-refractivity contribution in [3.05, 3.63) is 65.2 Å². The van der Waals surface area contributed by atoms with Gasteiger partial charge in [-0.05, 0) is 58.0 Å². The molecule has 1 saturated heterocycles. The fourth-order valence-corrected chi connectivity index (χ4v) is 3.71. The van der Waals surface area contributed by atoms with E-state index in [1.165, 1.54) is 0 Å². The maximum atomic E-state index is 12.7. The highest BCUT2D eigenvalue weighted by Gasteiger charge is 2.26. The number of anilines is 1. The van der Waals surface area contributed by atoms with Gasteiger partial charge in [0.1, 0.15) is 0 Å². The number of amides is 2. The van der Waals surface area contributed by atoms with Gasteiger partial charge in [0.15, 0.2) is 5.78 Å². The average Bonchev–Trinajstić information content (AvgIpc) is 2.74. The van der Waals surface area contributed by atoms with E-state index >= 15 is 0 Å². The smallest absolute Gasteiger partial charge is 0.251 e. The van der Waals surface area contributed by atoms with E-state index in [-0.39, 0.29) is 30.1 Å². The maximum absolute atomic E-state index is 12.7. The first kappa shape index (κ1) is 21.7. The second-order valence-electron chi connectivity index (χ2n) is 7.77. The van der Waals surface area contributed by atoms with Gasteiger partial charge < -0.3 is 10.6 Å². The molecule has 2 aromatic carbocycles. The summed E-state index contributed by atoms with van der Waals surface area (Å²) in [7, 11) is 0. The third-order valence-electron chi connectivity index (χ3n) is 5.41. The Morgan fingerprint density at radius 3 is 2.37 bits per heavy atom. The number of benzene rings is 2. The van der Waals surface area contributed by atoms with Crippen LogP contribution in [0.2, 0.25) is 0 Å². The molecule has 0 atom stereocenters. The Hall–Kier alpha value is -2.99. The molecule has 1 heterocycles. The van der Waals surface area contributed by atoms with Crippen molar-refractivity contribution in [1.29, 1.82) is 0 Å². The first-order valence-electron chi connectivity index (χ1n) is 10.5. The van der Waals surface area contributed by atoms with E-state index in [0.717, 1.165) is 24.0 Å². The van der Waals surface area contributed by atoms with Crippen molar-refractivity contribution in [2.24, 2.45) is 5.92 Å². The summed E-state index contributed by atoms with van der Waals surface area (Å²) in [5.41, 5.74) is 3.03. The predicted molar refractivity (Wildman–Crippen MR) is 118 cm³/mol. The number of Topliss-reactive ketones (excluding diaryl/α,β-unsaturated/α-hetero) is 1. The van der Waals surface area contributed by atoms with E-state index < -0.39 is 0 Å². The summed E-state index contributed by atoms with van der Waals surface area (Å²) < 4.78 is 0. The highest BCUT2D eigenvalue weighted by Crippen LogP contribution is 2.22. The molecule has 1 aliphatic rings. The number of hydrogen-bond donors (Lipinski definition) is 2. The van der Waals surface area contributed by atoms with Gasteiger partial charge >= 0.3 is 0 Å². The SMILES string of the molecule is CCNC(=O)c1cccc(NC(=O)CN2CCC(C(=O)c3ccc(C)cc3)CC2)c1. The minimum atomic E-state index is -0.158. The lowest BCUT2D eigenvalue weighted by atomic mass is 9.88. The van der Waals surface area contributed by atoms with Crippen LogP contribution in [0.3, 0.4) is 0 Å². The monoisotopic (exact) mass is 407 g/mol. The van der Waals surface area contributed by atoms with Gasteiger partial charge in [-0.3, -0.25) is 19.3 Å². The number of carbonyl (C=O) groups is 3. The largest absolute Gasteiger partial charge is 0.352 e. The lowest BCUT2D eigenvalue weighted by Crippen LogP contribution is -2.40. The number of nitrogens with zero attached hydrogens (tertiary/aromatic N) is 1. The Bertz CT molecular complexity index is 900. The molecule has 0 bridgehead atoms. The molecule has 3 rings (SSSR count). The molecule has 6 nitrogen and oxygen atoms in total. The summed E-state index contributed by atoms with van der Waals surface area (Å²) in [6.07, 6.45) is 1.51. The summed E-state index contributed by atoms with van der Waals surface area (Å²) in [6.45, 7) is 6.13. The van der Waals surface area contributed by atoms with Crippen molar-refractivity contribution in [2.45, 2.75) is 26.7 Å². The molecule has 0 aromatic heterocycles. The number of ketones is 1. The van der Waals surface area contributed by atoms with E-state index in [1.54, 1.807) is 24.3 Å². The van der Waals surface area contributed by atoms with Crippen LogP contribution in [0.4, 0.5) is 5.69 Å². The quantitative estimate of drug-likeness (QED) is 0.691. The van der Waals surface area contributed by atoms with Crippen LogP contribution in [-0.2, 0) is 4.79 Å². The Balaban J connectivity index is 1.48. The molecule has 6 heteroatoms. The molecule has 1 fully saturated rings. The molecular formula is C24H29N3O3. The van der Waals surface area contributed by atoms with Gasteiger partial charge in [0, 0.05) is 29.3 Å². The summed E-state index contributed by atoms with van der Waals surface area (Å²) in [4.78, 5) is 39.1. The zero-order valence-corrected chi connectivity index (χ0v) is 17.6. The third kappa shape index (κ3) is 5.76. The fraction of sp³-hybridized carbons (Fsp3) is 0.375. The van der Waals surface area contributed by atoms with E-state index in [4.69, 9.17) is 0 Å². The second-order valence-corrected chi connectivity index (χ2v) is 7.77. The Kier molecular flexibility index (Phi) is 7.36. The highest BCUT2D eigenvalue weighted by molar-refractivity contribution is 5.98. The minimum absolute atomic E-state index is 0.0146. The first-order chi connectivity index (χ1) is 14.5. The van der Waals surface area contributed by atoms with Crippen LogP contribution in [0.5, 0.6) is 0 Å². The Morgan fingerprint density at radius 1 is 1.00 bits per heavy atom. The van der Waals surface area contributed by atoms with Gasteiger partial charge in [0.2, 0.25) is 5.91 Å². The van der Waals surface area contributed by atoms with Gasteiger partial charge in [-0.2, -0.15) is 0 Å². The summed E-state index contributed by atoms with van der Waals surface area (Å²) in [5, 5.41) is 5.61. The second kappa shape index (κ2) is 10.2. The number of piperidine rings is 1. The van der Waals surface area contributed by atoms with E-state index in [1.807, 2.05) is 38.1 Å². The standard InChI is InChI=1S/C24H29N3O3/c1-3-25-24(30)20-5-4-6-21(15-20)26-22(28)16-27-13-11-19(12-14-27)23(29)18-9-7-17(2)8-10-18/h4-10,15,19H,3,11-14,16H2,1-2H3,(H,25,30)(H,26,28). The van der Waals surface area contributed by atoms with Crippen molar-refractivity contribution in [3.63, 3.8) is 0 Å². The molecule has 0 aliphatic carbocycles. The van der Waals surface area contributed by atoms with Crippen LogP contribution < -0.4 is 10.6 Å². The highest BCUT2D eigenvalue weighted by atomic mass is 16.2. The maximum Gasteiger partial charge on any atom is 0.251 e. The molecule has 1 aliphatic heterocycles. The van der Waals surface area contributed by atoms with Gasteiger partial charge in [-0.1, -0.05) is 35.9 Å². The minimum Gasteiger partial charge on any atom is -0.352 e. The molecule has 30 heavy (non-hydrogen) atoms. The molecule has 158 valence electrons. The Morgan fingerprint density at radius 2 is 1.70 bits per heavy atom. The van der Waals surface area contributed by atoms with E-state index in [2.05, 4.69) is 15.5 Å². The van der Waals surface area contributed by atoms with Crippen molar-refractivity contribution in [1.82, 2.24) is 10.2 Å². The molecule has 2 N–H and O–H groups in total. The van der Waals surface area contributed by atoms with Crippen LogP contribution in [0.15, 0.2) is 48.5 Å². The van der Waals surface area contributed by atoms with Crippen molar-refractivity contribution in [2.75, 3.05) is 31.5 Å². The molecule has 0 spiro atoms. The third-order valence-corrected chi connectivity index (χ3v) is 5.41. The summed E-state index contributed by atoms with van der Waals surface area (Å²) in [6, 6.07) is 14.6. The fourth-order valence-electron chi connectivity index (χ4n) is 3.71. The van der Waals surface area contributed by atoms with Gasteiger partial charge in [-0.25, -0.2) is 0 Å². The molecule has 0 saturated carbocycles. The molecule has 0 radical (unpaired) electrons. The first-order valence-corrected chi connectivity index (χ1v) is 10.5. The summed E-state index contributed by atoms with van der Waals surface area (Å²) >= 11 is 0. The average molecular weight is 408 g/mol. The number of carbonyl (C=O) groups excluding carboxylic acids is 3. The van der Waals surface area contributed by atoms with Crippen LogP contribution in [0.1, 0.15) is 46.0 Å². The van der Waals surface area contributed by atoms with Crippen LogP contribution in [0.25, 0.3) is 0 Å². The number of rotatable bonds is 7. The van der Waals surface area contributed by atoms with Crippen molar-refractivity contribution >= 4 is 23.3 Å². The van der Waals surface area contributed by atoms with Crippen molar-refractivity contribution in [3.8, 4) is 0 Å². The van der Waals surface area contributed by atoms with E-state index in [0.29, 0.717) is 30.9 Å². The lowest BCUT2D eigenvalue weighted by Gasteiger charge is -2.30. The molecule has 2 amide bonds. The van der Waals surface area contributed by atoms with Gasteiger partial charge in [0.25, 0.3) is 5.91 Å². The molecular weight excluding hydrogens is 378 g/mol. The lowest BCUT2D eigenvalue weighted by molar-refractivity contribution is -0.117. The van der Waals surface area contributed by atoms with Gasteiger partial charge in [0.05, 0.1) is 6.54 Å². The number of hydrogen-bond acceptors (Lipinski definition) is 4. The zero-order chi connectivity index (χ0) is 21.5. The Labute approximate surface area is 177 Å². The number of aryl methyl sites for hydroxylation is 1. The zero-order valence-electron chi connectivity index (χ0n) is 17.6. The predicted octanol–water partition coefficient (Wildman–Crippen LogP) is 3.28. The van der Waals surface area contributed by atoms with Crippen LogP contribution >= 0.6 is 0 Å². The van der Waals surface area contributed by atoms with E-state index in [9.17, 15) is 14.4 Å². The molecule has 0 unspecified atom stereocenters. The van der Waals surface area contributed by atoms with Crippen molar-refractivity contribution < 1.29 is 14.4 Å². The number of nitrogens with one attached hydrogen (secondary N) is 2. The van der Waals surface area contributed by atoms with Crippen LogP contribution in [0, 0.1) is 12.8 Å². The van der Waals surface area contributed by atoms with Gasteiger partial charge in [-0.15, -0.1) is 0 Å². The van der Waals surface area contributed by atoms with Crippen LogP contribution in [-0.4, -0.2) is 48.7 Å². The normalized spacial score (nSPS) is 14.9. The molecule has 2 aromatic rings. The topological polar surface area (TPSA) is 78.5 Å². The summed E-state index contributed by atoms with van der Waals surface area (Å²) in [5.74, 6) is -0.0673.